The van der Waals surface area contributed by atoms with Gasteiger partial charge in [0, 0.05) is 18.5 Å². The molecule has 1 N–H and O–H groups in total. The molecule has 100 valence electrons. The van der Waals surface area contributed by atoms with Crippen molar-refractivity contribution in [3.05, 3.63) is 11.1 Å². The average Bonchev–Trinajstić information content (AvgIpc) is 2.83. The quantitative estimate of drug-likeness (QED) is 0.863. The third-order valence-electron chi connectivity index (χ3n) is 2.93. The molecule has 2 rings (SSSR count). The molecule has 6 nitrogen and oxygen atoms in total. The number of aromatic nitrogens is 1. The molecule has 1 unspecified atom stereocenters. The van der Waals surface area contributed by atoms with E-state index in [9.17, 15) is 13.2 Å². The van der Waals surface area contributed by atoms with Crippen LogP contribution < -0.4 is 4.90 Å². The van der Waals surface area contributed by atoms with E-state index >= 15 is 0 Å². The molecule has 1 aromatic heterocycles. The van der Waals surface area contributed by atoms with E-state index in [1.165, 1.54) is 11.3 Å². The van der Waals surface area contributed by atoms with Gasteiger partial charge in [-0.3, -0.25) is 4.79 Å². The Balaban J connectivity index is 2.07. The lowest BCUT2D eigenvalue weighted by molar-refractivity contribution is -0.136. The van der Waals surface area contributed by atoms with Gasteiger partial charge in [-0.1, -0.05) is 0 Å². The van der Waals surface area contributed by atoms with Crippen molar-refractivity contribution in [2.24, 2.45) is 0 Å². The summed E-state index contributed by atoms with van der Waals surface area (Å²) in [7, 11) is -1.12. The first-order valence-electron chi connectivity index (χ1n) is 5.47. The summed E-state index contributed by atoms with van der Waals surface area (Å²) >= 11 is 1.34. The Hall–Kier alpha value is -1.15. The summed E-state index contributed by atoms with van der Waals surface area (Å²) < 4.78 is 22.8. The molecule has 1 aliphatic rings. The second-order valence-corrected chi connectivity index (χ2v) is 7.42. The first kappa shape index (κ1) is 13.3. The van der Waals surface area contributed by atoms with E-state index in [1.807, 2.05) is 4.90 Å². The van der Waals surface area contributed by atoms with Crippen LogP contribution in [0.3, 0.4) is 0 Å². The van der Waals surface area contributed by atoms with Crippen molar-refractivity contribution in [1.29, 1.82) is 0 Å². The van der Waals surface area contributed by atoms with Gasteiger partial charge in [-0.05, 0) is 6.42 Å². The van der Waals surface area contributed by atoms with Gasteiger partial charge in [-0.25, -0.2) is 13.4 Å². The van der Waals surface area contributed by atoms with Gasteiger partial charge in [0.05, 0.1) is 23.6 Å². The zero-order chi connectivity index (χ0) is 13.3. The Bertz CT molecular complexity index is 552. The van der Waals surface area contributed by atoms with Gasteiger partial charge < -0.3 is 10.0 Å². The van der Waals surface area contributed by atoms with Crippen molar-refractivity contribution >= 4 is 32.3 Å². The molecule has 0 amide bonds. The minimum Gasteiger partial charge on any atom is -0.481 e. The molecule has 18 heavy (non-hydrogen) atoms. The van der Waals surface area contributed by atoms with Crippen LogP contribution in [0.15, 0.2) is 5.38 Å². The van der Waals surface area contributed by atoms with Gasteiger partial charge in [0.15, 0.2) is 15.0 Å². The molecular formula is C10H14N2O4S2. The van der Waals surface area contributed by atoms with E-state index in [0.717, 1.165) is 0 Å². The number of carbonyl (C=O) groups is 1. The smallest absolute Gasteiger partial charge is 0.309 e. The fraction of sp³-hybridized carbons (Fsp3) is 0.600. The second kappa shape index (κ2) is 4.85. The summed E-state index contributed by atoms with van der Waals surface area (Å²) in [5.41, 5.74) is 0.509. The predicted molar refractivity (Wildman–Crippen MR) is 68.9 cm³/mol. The van der Waals surface area contributed by atoms with Gasteiger partial charge in [-0.15, -0.1) is 11.3 Å². The van der Waals surface area contributed by atoms with Crippen LogP contribution in [0, 0.1) is 0 Å². The lowest BCUT2D eigenvalue weighted by Crippen LogP contribution is -2.32. The Labute approximate surface area is 109 Å². The van der Waals surface area contributed by atoms with E-state index in [0.29, 0.717) is 17.2 Å². The zero-order valence-corrected chi connectivity index (χ0v) is 11.5. The monoisotopic (exact) mass is 290 g/mol. The van der Waals surface area contributed by atoms with Crippen molar-refractivity contribution in [1.82, 2.24) is 4.98 Å². The lowest BCUT2D eigenvalue weighted by atomic mass is 10.2. The van der Waals surface area contributed by atoms with E-state index in [2.05, 4.69) is 4.98 Å². The SMILES string of the molecule is CN(c1nc(CC(=O)O)cs1)C1CCS(=O)(=O)C1. The summed E-state index contributed by atoms with van der Waals surface area (Å²) in [5.74, 6) is -0.551. The van der Waals surface area contributed by atoms with Gasteiger partial charge in [-0.2, -0.15) is 0 Å². The predicted octanol–water partition coefficient (Wildman–Crippen LogP) is 0.394. The van der Waals surface area contributed by atoms with Gasteiger partial charge >= 0.3 is 5.97 Å². The molecule has 0 spiro atoms. The molecule has 0 aromatic carbocycles. The maximum atomic E-state index is 11.4. The minimum absolute atomic E-state index is 0.0566. The number of rotatable bonds is 4. The first-order valence-corrected chi connectivity index (χ1v) is 8.17. The molecule has 8 heteroatoms. The summed E-state index contributed by atoms with van der Waals surface area (Å²) in [6.45, 7) is 0. The number of sulfone groups is 1. The molecule has 0 aliphatic carbocycles. The van der Waals surface area contributed by atoms with E-state index in [4.69, 9.17) is 5.11 Å². The highest BCUT2D eigenvalue weighted by atomic mass is 32.2. The van der Waals surface area contributed by atoms with Crippen molar-refractivity contribution < 1.29 is 18.3 Å². The first-order chi connectivity index (χ1) is 8.37. The van der Waals surface area contributed by atoms with Crippen molar-refractivity contribution in [3.63, 3.8) is 0 Å². The number of hydrogen-bond acceptors (Lipinski definition) is 6. The van der Waals surface area contributed by atoms with Gasteiger partial charge in [0.2, 0.25) is 0 Å². The molecule has 2 heterocycles. The molecular weight excluding hydrogens is 276 g/mol. The van der Waals surface area contributed by atoms with Crippen LogP contribution in [0.25, 0.3) is 0 Å². The number of anilines is 1. The van der Waals surface area contributed by atoms with Crippen LogP contribution in [0.5, 0.6) is 0 Å². The molecule has 1 fully saturated rings. The van der Waals surface area contributed by atoms with Crippen LogP contribution >= 0.6 is 11.3 Å². The molecule has 1 aromatic rings. The average molecular weight is 290 g/mol. The fourth-order valence-corrected chi connectivity index (χ4v) is 4.57. The third-order valence-corrected chi connectivity index (χ3v) is 5.66. The Kier molecular flexibility index (Phi) is 3.58. The Morgan fingerprint density at radius 1 is 1.67 bits per heavy atom. The maximum Gasteiger partial charge on any atom is 0.309 e. The summed E-state index contributed by atoms with van der Waals surface area (Å²) in [6.07, 6.45) is 0.500. The van der Waals surface area contributed by atoms with Crippen LogP contribution in [-0.4, -0.2) is 49.1 Å². The number of carboxylic acids is 1. The summed E-state index contributed by atoms with van der Waals surface area (Å²) in [5, 5.41) is 11.0. The third kappa shape index (κ3) is 2.99. The highest BCUT2D eigenvalue weighted by Gasteiger charge is 2.31. The van der Waals surface area contributed by atoms with Crippen LogP contribution in [0.2, 0.25) is 0 Å². The minimum atomic E-state index is -2.92. The largest absolute Gasteiger partial charge is 0.481 e. The number of thiazole rings is 1. The molecule has 0 bridgehead atoms. The summed E-state index contributed by atoms with van der Waals surface area (Å²) in [6, 6.07) is -0.0566. The number of nitrogens with zero attached hydrogens (tertiary/aromatic N) is 2. The zero-order valence-electron chi connectivity index (χ0n) is 9.87. The second-order valence-electron chi connectivity index (χ2n) is 4.36. The number of carboxylic acid groups (broad SMARTS) is 1. The van der Waals surface area contributed by atoms with E-state index in [-0.39, 0.29) is 24.0 Å². The van der Waals surface area contributed by atoms with E-state index in [1.54, 1.807) is 12.4 Å². The molecule has 1 atom stereocenters. The van der Waals surface area contributed by atoms with Crippen LogP contribution in [-0.2, 0) is 21.1 Å². The van der Waals surface area contributed by atoms with Gasteiger partial charge in [0.25, 0.3) is 0 Å². The highest BCUT2D eigenvalue weighted by Crippen LogP contribution is 2.26. The van der Waals surface area contributed by atoms with E-state index < -0.39 is 15.8 Å². The topological polar surface area (TPSA) is 87.6 Å². The normalized spacial score (nSPS) is 21.9. The van der Waals surface area contributed by atoms with Crippen LogP contribution in [0.1, 0.15) is 12.1 Å². The van der Waals surface area contributed by atoms with Crippen molar-refractivity contribution in [3.8, 4) is 0 Å². The lowest BCUT2D eigenvalue weighted by Gasteiger charge is -2.22. The molecule has 1 aliphatic heterocycles. The molecule has 1 saturated heterocycles. The Morgan fingerprint density at radius 2 is 2.39 bits per heavy atom. The van der Waals surface area contributed by atoms with Crippen molar-refractivity contribution in [2.75, 3.05) is 23.5 Å². The highest BCUT2D eigenvalue weighted by molar-refractivity contribution is 7.91. The standard InChI is InChI=1S/C10H14N2O4S2/c1-12(8-2-3-18(15,16)6-8)10-11-7(5-17-10)4-9(13)14/h5,8H,2-4,6H2,1H3,(H,13,14). The maximum absolute atomic E-state index is 11.4. The molecule has 0 saturated carbocycles. The van der Waals surface area contributed by atoms with Crippen molar-refractivity contribution in [2.45, 2.75) is 18.9 Å². The number of hydrogen-bond donors (Lipinski definition) is 1. The summed E-state index contributed by atoms with van der Waals surface area (Å²) in [4.78, 5) is 16.6. The Morgan fingerprint density at radius 3 is 2.94 bits per heavy atom. The fourth-order valence-electron chi connectivity index (χ4n) is 1.93. The van der Waals surface area contributed by atoms with Gasteiger partial charge in [0.1, 0.15) is 0 Å². The molecule has 0 radical (unpaired) electrons. The van der Waals surface area contributed by atoms with Crippen LogP contribution in [0.4, 0.5) is 5.13 Å². The number of aliphatic carboxylic acids is 1.